The molecular weight excluding hydrogens is 548 g/mol. The third-order valence-electron chi connectivity index (χ3n) is 4.82. The van der Waals surface area contributed by atoms with E-state index in [1.165, 1.54) is 4.90 Å². The van der Waals surface area contributed by atoms with Crippen molar-refractivity contribution in [3.8, 4) is 11.3 Å². The number of halogens is 2. The van der Waals surface area contributed by atoms with Crippen molar-refractivity contribution in [1.29, 1.82) is 0 Å². The molecular formula is C25H30BrClN6O3. The molecule has 0 fully saturated rings. The second-order valence-electron chi connectivity index (χ2n) is 8.36. The first-order chi connectivity index (χ1) is 16.9. The number of nitrogens with two attached hydrogens (primary N) is 1. The minimum atomic E-state index is -1.21. The highest BCUT2D eigenvalue weighted by molar-refractivity contribution is 9.11. The van der Waals surface area contributed by atoms with Crippen molar-refractivity contribution in [3.05, 3.63) is 62.9 Å². The molecule has 0 aliphatic carbocycles. The van der Waals surface area contributed by atoms with Crippen LogP contribution in [0.25, 0.3) is 11.3 Å². The van der Waals surface area contributed by atoms with Crippen molar-refractivity contribution in [2.75, 3.05) is 18.6 Å². The minimum absolute atomic E-state index is 0.0783. The van der Waals surface area contributed by atoms with Gasteiger partial charge in [0.1, 0.15) is 18.0 Å². The lowest BCUT2D eigenvalue weighted by Crippen LogP contribution is -2.27. The third-order valence-corrected chi connectivity index (χ3v) is 5.48. The molecule has 0 unspecified atom stereocenters. The number of aliphatic imine (C=N–C) groups is 2. The van der Waals surface area contributed by atoms with Crippen LogP contribution >= 0.6 is 27.5 Å². The van der Waals surface area contributed by atoms with E-state index in [2.05, 4.69) is 35.9 Å². The van der Waals surface area contributed by atoms with Crippen LogP contribution in [0.1, 0.15) is 39.1 Å². The molecule has 0 radical (unpaired) electrons. The van der Waals surface area contributed by atoms with Gasteiger partial charge in [-0.15, -0.1) is 0 Å². The number of amidine groups is 1. The Kier molecular flexibility index (Phi) is 10.3. The van der Waals surface area contributed by atoms with Gasteiger partial charge in [0.25, 0.3) is 0 Å². The molecule has 192 valence electrons. The normalized spacial score (nSPS) is 13.6. The van der Waals surface area contributed by atoms with Crippen LogP contribution in [-0.2, 0) is 15.1 Å². The number of aryl methyl sites for hydroxylation is 1. The number of nitrogens with zero attached hydrogens (tertiary/aromatic N) is 5. The molecule has 2 rings (SSSR count). The molecule has 0 atom stereocenters. The number of hydrogen-bond acceptors (Lipinski definition) is 8. The maximum atomic E-state index is 12.2. The maximum Gasteiger partial charge on any atom is 0.225 e. The summed E-state index contributed by atoms with van der Waals surface area (Å²) in [4.78, 5) is 30.6. The van der Waals surface area contributed by atoms with E-state index in [0.29, 0.717) is 44.4 Å². The van der Waals surface area contributed by atoms with Crippen LogP contribution in [0.5, 0.6) is 0 Å². The summed E-state index contributed by atoms with van der Waals surface area (Å²) in [7, 11) is 1.64. The van der Waals surface area contributed by atoms with Crippen molar-refractivity contribution < 1.29 is 14.6 Å². The summed E-state index contributed by atoms with van der Waals surface area (Å²) in [6.07, 6.45) is 5.45. The number of benzene rings is 1. The van der Waals surface area contributed by atoms with Crippen molar-refractivity contribution in [2.24, 2.45) is 15.7 Å². The van der Waals surface area contributed by atoms with Gasteiger partial charge in [0.15, 0.2) is 5.82 Å². The molecule has 1 aromatic heterocycles. The summed E-state index contributed by atoms with van der Waals surface area (Å²) in [6.45, 7) is 8.58. The standard InChI is InChI=1S/C25H30BrClN6O3/c1-15-12-30-24(25(4,5)35)32-22(15)18-7-8-20(27)21(11-18)33(14-34)17(3)31-23(16(2)26)36-13-19(28)9-10-29-6/h7-12,14,35H,13,28H2,1-6H3/b19-9-,23-16-,29-10?,31-17-. The number of allylic oxidation sites excluding steroid dienone is 2. The van der Waals surface area contributed by atoms with Gasteiger partial charge in [-0.1, -0.05) is 33.6 Å². The van der Waals surface area contributed by atoms with E-state index in [-0.39, 0.29) is 18.3 Å². The maximum absolute atomic E-state index is 12.2. The highest BCUT2D eigenvalue weighted by atomic mass is 79.9. The van der Waals surface area contributed by atoms with Crippen molar-refractivity contribution >= 4 is 51.7 Å². The van der Waals surface area contributed by atoms with Gasteiger partial charge in [0, 0.05) is 30.7 Å². The smallest absolute Gasteiger partial charge is 0.225 e. The summed E-state index contributed by atoms with van der Waals surface area (Å²) in [6, 6.07) is 5.19. The molecule has 36 heavy (non-hydrogen) atoms. The van der Waals surface area contributed by atoms with Crippen molar-refractivity contribution in [2.45, 2.75) is 40.2 Å². The number of amides is 1. The predicted octanol–water partition coefficient (Wildman–Crippen LogP) is 4.86. The highest BCUT2D eigenvalue weighted by Gasteiger charge is 2.22. The Bertz CT molecular complexity index is 1230. The summed E-state index contributed by atoms with van der Waals surface area (Å²) >= 11 is 9.86. The fourth-order valence-electron chi connectivity index (χ4n) is 2.96. The molecule has 11 heteroatoms. The number of rotatable bonds is 9. The lowest BCUT2D eigenvalue weighted by atomic mass is 10.0. The Balaban J connectivity index is 2.47. The Morgan fingerprint density at radius 1 is 1.36 bits per heavy atom. The highest BCUT2D eigenvalue weighted by Crippen LogP contribution is 2.33. The number of aliphatic hydroxyl groups is 1. The number of hydrogen-bond donors (Lipinski definition) is 2. The van der Waals surface area contributed by atoms with Gasteiger partial charge < -0.3 is 15.6 Å². The average Bonchev–Trinajstić information content (AvgIpc) is 2.81. The Morgan fingerprint density at radius 3 is 2.64 bits per heavy atom. The van der Waals surface area contributed by atoms with Crippen molar-refractivity contribution in [1.82, 2.24) is 9.97 Å². The summed E-state index contributed by atoms with van der Waals surface area (Å²) < 4.78 is 6.33. The molecule has 1 heterocycles. The topological polar surface area (TPSA) is 126 Å². The van der Waals surface area contributed by atoms with Gasteiger partial charge >= 0.3 is 0 Å². The first-order valence-electron chi connectivity index (χ1n) is 10.9. The second kappa shape index (κ2) is 12.8. The predicted molar refractivity (Wildman–Crippen MR) is 148 cm³/mol. The quantitative estimate of drug-likeness (QED) is 0.190. The molecule has 0 bridgehead atoms. The van der Waals surface area contributed by atoms with Crippen LogP contribution in [0.15, 0.2) is 56.5 Å². The van der Waals surface area contributed by atoms with Gasteiger partial charge in [0.05, 0.1) is 20.9 Å². The van der Waals surface area contributed by atoms with Gasteiger partial charge in [0.2, 0.25) is 12.3 Å². The molecule has 2 aromatic rings. The van der Waals surface area contributed by atoms with E-state index in [1.54, 1.807) is 71.4 Å². The third kappa shape index (κ3) is 7.71. The summed E-state index contributed by atoms with van der Waals surface area (Å²) in [5.41, 5.74) is 7.65. The van der Waals surface area contributed by atoms with Crippen LogP contribution < -0.4 is 10.6 Å². The van der Waals surface area contributed by atoms with Crippen LogP contribution in [0.4, 0.5) is 5.69 Å². The number of anilines is 1. The summed E-state index contributed by atoms with van der Waals surface area (Å²) in [5.74, 6) is 0.841. The number of carbonyl (C=O) groups excluding carboxylic acids is 1. The van der Waals surface area contributed by atoms with E-state index in [1.807, 2.05) is 6.92 Å². The Morgan fingerprint density at radius 2 is 2.06 bits per heavy atom. The van der Waals surface area contributed by atoms with E-state index in [9.17, 15) is 9.90 Å². The summed E-state index contributed by atoms with van der Waals surface area (Å²) in [5, 5.41) is 10.7. The Hall–Kier alpha value is -3.08. The molecule has 0 saturated carbocycles. The molecule has 3 N–H and O–H groups in total. The fraction of sp³-hybridized carbons (Fsp3) is 0.320. The van der Waals surface area contributed by atoms with E-state index < -0.39 is 5.60 Å². The second-order valence-corrected chi connectivity index (χ2v) is 9.96. The number of aromatic nitrogens is 2. The van der Waals surface area contributed by atoms with Gasteiger partial charge in [-0.3, -0.25) is 14.7 Å². The molecule has 1 aromatic carbocycles. The van der Waals surface area contributed by atoms with E-state index in [4.69, 9.17) is 22.1 Å². The van der Waals surface area contributed by atoms with Gasteiger partial charge in [-0.25, -0.2) is 9.97 Å². The zero-order valence-electron chi connectivity index (χ0n) is 21.1. The number of ether oxygens (including phenoxy) is 1. The van der Waals surface area contributed by atoms with Crippen LogP contribution in [0.2, 0.25) is 5.02 Å². The SMILES string of the molecule is CN=C/C=C(\N)COC(/N=C(/C)N(C=O)c1cc(-c2nc(C(C)(C)O)ncc2C)ccc1Cl)=C(/C)Br. The molecule has 0 spiro atoms. The number of carbonyl (C=O) groups is 1. The largest absolute Gasteiger partial charge is 0.471 e. The molecule has 0 aliphatic rings. The van der Waals surface area contributed by atoms with Crippen molar-refractivity contribution in [3.63, 3.8) is 0 Å². The molecule has 9 nitrogen and oxygen atoms in total. The van der Waals surface area contributed by atoms with E-state index in [0.717, 1.165) is 5.56 Å². The monoisotopic (exact) mass is 576 g/mol. The zero-order chi connectivity index (χ0) is 27.0. The Labute approximate surface area is 224 Å². The zero-order valence-corrected chi connectivity index (χ0v) is 23.4. The lowest BCUT2D eigenvalue weighted by Gasteiger charge is -2.21. The average molecular weight is 578 g/mol. The molecule has 1 amide bonds. The first kappa shape index (κ1) is 29.2. The van der Waals surface area contributed by atoms with Gasteiger partial charge in [-0.2, -0.15) is 4.99 Å². The minimum Gasteiger partial charge on any atom is -0.471 e. The first-order valence-corrected chi connectivity index (χ1v) is 12.1. The van der Waals surface area contributed by atoms with Crippen LogP contribution in [0, 0.1) is 6.92 Å². The van der Waals surface area contributed by atoms with E-state index >= 15 is 0 Å². The van der Waals surface area contributed by atoms with Crippen LogP contribution in [0.3, 0.4) is 0 Å². The fourth-order valence-corrected chi connectivity index (χ4v) is 3.37. The van der Waals surface area contributed by atoms with Crippen LogP contribution in [-0.4, -0.2) is 47.2 Å². The molecule has 0 saturated heterocycles. The van der Waals surface area contributed by atoms with Gasteiger partial charge in [-0.05, 0) is 58.4 Å². The molecule has 0 aliphatic heterocycles. The lowest BCUT2D eigenvalue weighted by molar-refractivity contribution is -0.106.